The molecule has 138 valence electrons. The molecule has 27 heavy (non-hydrogen) atoms. The fourth-order valence-electron chi connectivity index (χ4n) is 2.51. The molecule has 1 aromatic carbocycles. The molecule has 0 fully saturated rings. The molecule has 0 aliphatic heterocycles. The van der Waals surface area contributed by atoms with Gasteiger partial charge in [0, 0.05) is 31.7 Å². The lowest BCUT2D eigenvalue weighted by molar-refractivity contribution is -0.111. The summed E-state index contributed by atoms with van der Waals surface area (Å²) in [5.74, 6) is 0.475. The number of rotatable bonds is 6. The number of pyridine rings is 1. The van der Waals surface area contributed by atoms with E-state index in [0.717, 1.165) is 33.3 Å². The van der Waals surface area contributed by atoms with Crippen molar-refractivity contribution in [2.75, 3.05) is 29.6 Å². The first kappa shape index (κ1) is 18.6. The number of hydrogen-bond donors (Lipinski definition) is 2. The SMILES string of the molecule is C=CC(=O)Nc1nc(C)c(-c2ccnc(Nc3ccc(N(C)C)cc3)c2)s1. The Hall–Kier alpha value is -3.19. The van der Waals surface area contributed by atoms with Gasteiger partial charge in [0.05, 0.1) is 10.6 Å². The number of hydrogen-bond acceptors (Lipinski definition) is 6. The van der Waals surface area contributed by atoms with Gasteiger partial charge in [-0.15, -0.1) is 0 Å². The van der Waals surface area contributed by atoms with Gasteiger partial charge in [-0.1, -0.05) is 17.9 Å². The molecule has 0 atom stereocenters. The van der Waals surface area contributed by atoms with Gasteiger partial charge in [-0.25, -0.2) is 9.97 Å². The van der Waals surface area contributed by atoms with E-state index in [1.807, 2.05) is 57.4 Å². The Morgan fingerprint density at radius 3 is 2.63 bits per heavy atom. The zero-order chi connectivity index (χ0) is 19.4. The van der Waals surface area contributed by atoms with Crippen LogP contribution in [0.5, 0.6) is 0 Å². The molecule has 1 amide bonds. The fourth-order valence-corrected chi connectivity index (χ4v) is 3.47. The number of thiazole rings is 1. The topological polar surface area (TPSA) is 70.1 Å². The van der Waals surface area contributed by atoms with Crippen molar-refractivity contribution < 1.29 is 4.79 Å². The number of anilines is 4. The minimum atomic E-state index is -0.270. The number of nitrogens with one attached hydrogen (secondary N) is 2. The van der Waals surface area contributed by atoms with Crippen molar-refractivity contribution in [2.24, 2.45) is 0 Å². The Bertz CT molecular complexity index is 963. The van der Waals surface area contributed by atoms with E-state index in [1.54, 1.807) is 6.20 Å². The number of amides is 1. The van der Waals surface area contributed by atoms with E-state index < -0.39 is 0 Å². The highest BCUT2D eigenvalue weighted by Crippen LogP contribution is 2.33. The van der Waals surface area contributed by atoms with E-state index in [9.17, 15) is 4.79 Å². The van der Waals surface area contributed by atoms with Crippen LogP contribution in [0.25, 0.3) is 10.4 Å². The van der Waals surface area contributed by atoms with Gasteiger partial charge in [-0.2, -0.15) is 0 Å². The molecule has 0 aliphatic carbocycles. The minimum Gasteiger partial charge on any atom is -0.378 e. The van der Waals surface area contributed by atoms with E-state index in [2.05, 4.69) is 32.1 Å². The van der Waals surface area contributed by atoms with Crippen molar-refractivity contribution in [3.8, 4) is 10.4 Å². The lowest BCUT2D eigenvalue weighted by Crippen LogP contribution is -2.08. The maximum atomic E-state index is 11.5. The van der Waals surface area contributed by atoms with Crippen LogP contribution in [0.2, 0.25) is 0 Å². The molecule has 0 saturated heterocycles. The highest BCUT2D eigenvalue weighted by atomic mass is 32.1. The first-order chi connectivity index (χ1) is 13.0. The van der Waals surface area contributed by atoms with Crippen LogP contribution in [0, 0.1) is 6.92 Å². The second-order valence-electron chi connectivity index (χ2n) is 6.12. The first-order valence-corrected chi connectivity index (χ1v) is 9.19. The van der Waals surface area contributed by atoms with Crippen LogP contribution >= 0.6 is 11.3 Å². The van der Waals surface area contributed by atoms with Gasteiger partial charge in [-0.3, -0.25) is 10.1 Å². The number of nitrogens with zero attached hydrogens (tertiary/aromatic N) is 3. The van der Waals surface area contributed by atoms with Gasteiger partial charge in [0.1, 0.15) is 5.82 Å². The summed E-state index contributed by atoms with van der Waals surface area (Å²) in [5.41, 5.74) is 3.94. The molecule has 3 aromatic rings. The third-order valence-corrected chi connectivity index (χ3v) is 5.01. The van der Waals surface area contributed by atoms with Crippen molar-refractivity contribution in [1.82, 2.24) is 9.97 Å². The fraction of sp³-hybridized carbons (Fsp3) is 0.150. The molecule has 0 bridgehead atoms. The molecule has 7 heteroatoms. The van der Waals surface area contributed by atoms with Gasteiger partial charge < -0.3 is 10.2 Å². The van der Waals surface area contributed by atoms with E-state index in [-0.39, 0.29) is 5.91 Å². The number of aryl methyl sites for hydroxylation is 1. The molecule has 0 unspecified atom stereocenters. The molecular formula is C20H21N5OS. The lowest BCUT2D eigenvalue weighted by Gasteiger charge is -2.13. The molecule has 0 saturated carbocycles. The second kappa shape index (κ2) is 8.01. The number of aromatic nitrogens is 2. The molecule has 0 radical (unpaired) electrons. The molecule has 3 rings (SSSR count). The standard InChI is InChI=1S/C20H21N5OS/c1-5-18(26)24-20-22-13(2)19(27-20)14-10-11-21-17(12-14)23-15-6-8-16(9-7-15)25(3)4/h5-12H,1H2,2-4H3,(H,21,23)(H,22,24,26). The van der Waals surface area contributed by atoms with Crippen LogP contribution in [-0.4, -0.2) is 30.0 Å². The molecule has 0 aliphatic rings. The largest absolute Gasteiger partial charge is 0.378 e. The van der Waals surface area contributed by atoms with Gasteiger partial charge in [0.15, 0.2) is 5.13 Å². The summed E-state index contributed by atoms with van der Waals surface area (Å²) < 4.78 is 0. The zero-order valence-electron chi connectivity index (χ0n) is 15.5. The summed E-state index contributed by atoms with van der Waals surface area (Å²) in [4.78, 5) is 23.3. The number of carbonyl (C=O) groups excluding carboxylic acids is 1. The second-order valence-corrected chi connectivity index (χ2v) is 7.12. The first-order valence-electron chi connectivity index (χ1n) is 8.38. The Morgan fingerprint density at radius 1 is 1.22 bits per heavy atom. The highest BCUT2D eigenvalue weighted by Gasteiger charge is 2.12. The van der Waals surface area contributed by atoms with Crippen LogP contribution in [0.15, 0.2) is 55.3 Å². The summed E-state index contributed by atoms with van der Waals surface area (Å²) in [6.07, 6.45) is 2.99. The summed E-state index contributed by atoms with van der Waals surface area (Å²) in [6.45, 7) is 5.38. The van der Waals surface area contributed by atoms with Crippen LogP contribution < -0.4 is 15.5 Å². The average molecular weight is 379 g/mol. The Kier molecular flexibility index (Phi) is 5.52. The summed E-state index contributed by atoms with van der Waals surface area (Å²) >= 11 is 1.42. The predicted molar refractivity (Wildman–Crippen MR) is 113 cm³/mol. The number of carbonyl (C=O) groups is 1. The monoisotopic (exact) mass is 379 g/mol. The van der Waals surface area contributed by atoms with Crippen LogP contribution in [-0.2, 0) is 4.79 Å². The van der Waals surface area contributed by atoms with Gasteiger partial charge in [-0.05, 0) is 55.0 Å². The Labute approximate surface area is 162 Å². The maximum Gasteiger partial charge on any atom is 0.249 e. The summed E-state index contributed by atoms with van der Waals surface area (Å²) in [6, 6.07) is 12.0. The smallest absolute Gasteiger partial charge is 0.249 e. The summed E-state index contributed by atoms with van der Waals surface area (Å²) in [5, 5.41) is 6.58. The van der Waals surface area contributed by atoms with Gasteiger partial charge in [0.25, 0.3) is 0 Å². The van der Waals surface area contributed by atoms with Crippen molar-refractivity contribution in [3.63, 3.8) is 0 Å². The molecular weight excluding hydrogens is 358 g/mol. The van der Waals surface area contributed by atoms with E-state index in [4.69, 9.17) is 0 Å². The highest BCUT2D eigenvalue weighted by molar-refractivity contribution is 7.19. The third-order valence-electron chi connectivity index (χ3n) is 3.89. The van der Waals surface area contributed by atoms with Gasteiger partial charge in [0.2, 0.25) is 5.91 Å². The molecule has 2 N–H and O–H groups in total. The lowest BCUT2D eigenvalue weighted by atomic mass is 10.2. The zero-order valence-corrected chi connectivity index (χ0v) is 16.3. The normalized spacial score (nSPS) is 10.3. The third kappa shape index (κ3) is 4.51. The van der Waals surface area contributed by atoms with Crippen molar-refractivity contribution in [3.05, 3.63) is 60.9 Å². The summed E-state index contributed by atoms with van der Waals surface area (Å²) in [7, 11) is 4.02. The van der Waals surface area contributed by atoms with Crippen LogP contribution in [0.1, 0.15) is 5.69 Å². The molecule has 2 heterocycles. The van der Waals surface area contributed by atoms with E-state index in [0.29, 0.717) is 5.13 Å². The van der Waals surface area contributed by atoms with Crippen molar-refractivity contribution in [2.45, 2.75) is 6.92 Å². The molecule has 6 nitrogen and oxygen atoms in total. The quantitative estimate of drug-likeness (QED) is 0.619. The Morgan fingerprint density at radius 2 is 1.96 bits per heavy atom. The average Bonchev–Trinajstić information content (AvgIpc) is 3.02. The van der Waals surface area contributed by atoms with E-state index in [1.165, 1.54) is 17.4 Å². The molecule has 0 spiro atoms. The number of benzene rings is 1. The minimum absolute atomic E-state index is 0.270. The predicted octanol–water partition coefficient (Wildman–Crippen LogP) is 4.45. The van der Waals surface area contributed by atoms with Gasteiger partial charge >= 0.3 is 0 Å². The van der Waals surface area contributed by atoms with Crippen molar-refractivity contribution in [1.29, 1.82) is 0 Å². The van der Waals surface area contributed by atoms with Crippen LogP contribution in [0.3, 0.4) is 0 Å². The maximum absolute atomic E-state index is 11.5. The Balaban J connectivity index is 1.81. The van der Waals surface area contributed by atoms with Crippen LogP contribution in [0.4, 0.5) is 22.3 Å². The van der Waals surface area contributed by atoms with Crippen molar-refractivity contribution >= 4 is 39.6 Å². The van der Waals surface area contributed by atoms with E-state index >= 15 is 0 Å². The molecule has 2 aromatic heterocycles.